The normalized spacial score (nSPS) is 41.3. The van der Waals surface area contributed by atoms with Gasteiger partial charge in [0.1, 0.15) is 12.1 Å². The molecule has 8 heteroatoms. The molecule has 0 saturated heterocycles. The summed E-state index contributed by atoms with van der Waals surface area (Å²) >= 11 is 5.90. The Hall–Kier alpha value is -1.57. The monoisotopic (exact) mass is 531 g/mol. The second-order valence-electron chi connectivity index (χ2n) is 13.1. The molecule has 0 bridgehead atoms. The smallest absolute Gasteiger partial charge is 0.171 e. The van der Waals surface area contributed by atoms with E-state index in [1.165, 1.54) is 17.2 Å². The first-order valence-corrected chi connectivity index (χ1v) is 14.4. The van der Waals surface area contributed by atoms with Gasteiger partial charge in [0.15, 0.2) is 11.6 Å². The van der Waals surface area contributed by atoms with Gasteiger partial charge in [-0.3, -0.25) is 4.79 Å². The van der Waals surface area contributed by atoms with Gasteiger partial charge in [0.2, 0.25) is 0 Å². The number of benzene rings is 1. The molecule has 0 aliphatic heterocycles. The van der Waals surface area contributed by atoms with Crippen LogP contribution in [0.3, 0.4) is 0 Å². The van der Waals surface area contributed by atoms with Gasteiger partial charge < -0.3 is 9.84 Å². The van der Waals surface area contributed by atoms with Crippen LogP contribution in [0.1, 0.15) is 71.6 Å². The lowest BCUT2D eigenvalue weighted by Crippen LogP contribution is -2.58. The fraction of sp³-hybridized carbons (Fsp3) is 0.759. The third-order valence-corrected chi connectivity index (χ3v) is 11.6. The van der Waals surface area contributed by atoms with Crippen LogP contribution in [-0.4, -0.2) is 45.2 Å². The molecule has 1 aromatic heterocycles. The van der Waals surface area contributed by atoms with Gasteiger partial charge >= 0.3 is 0 Å². The summed E-state index contributed by atoms with van der Waals surface area (Å²) in [5, 5.41) is 18.9. The van der Waals surface area contributed by atoms with E-state index in [9.17, 15) is 14.3 Å². The van der Waals surface area contributed by atoms with Crippen LogP contribution >= 0.6 is 11.6 Å². The van der Waals surface area contributed by atoms with Crippen molar-refractivity contribution in [3.8, 4) is 0 Å². The van der Waals surface area contributed by atoms with Crippen LogP contribution in [0.2, 0.25) is 5.02 Å². The van der Waals surface area contributed by atoms with Crippen molar-refractivity contribution < 1.29 is 19.0 Å². The van der Waals surface area contributed by atoms with Gasteiger partial charge in [-0.15, -0.1) is 5.10 Å². The number of aliphatic hydroxyl groups is 1. The van der Waals surface area contributed by atoms with Crippen LogP contribution in [0, 0.1) is 46.2 Å². The first kappa shape index (κ1) is 25.7. The SMILES string of the molecule is COC[C@]12CC[C@@](C)(O)CC1CC[C@@H]1[C@@H]2CC[C@]2(C)[C@@H](C(=O)Cn3nnc4c(F)c(Cl)ccc43)CC[C@@H]12. The lowest BCUT2D eigenvalue weighted by molar-refractivity contribution is -0.175. The number of halogens is 2. The maximum Gasteiger partial charge on any atom is 0.171 e. The first-order chi connectivity index (χ1) is 17.6. The molecule has 0 radical (unpaired) electrons. The van der Waals surface area contributed by atoms with E-state index in [1.807, 2.05) is 14.0 Å². The second-order valence-corrected chi connectivity index (χ2v) is 13.5. The van der Waals surface area contributed by atoms with Crippen LogP contribution in [0.15, 0.2) is 12.1 Å². The summed E-state index contributed by atoms with van der Waals surface area (Å²) in [7, 11) is 1.83. The highest BCUT2D eigenvalue weighted by atomic mass is 35.5. The van der Waals surface area contributed by atoms with Crippen molar-refractivity contribution in [1.82, 2.24) is 15.0 Å². The predicted octanol–water partition coefficient (Wildman–Crippen LogP) is 5.83. The number of fused-ring (bicyclic) bond motifs is 6. The van der Waals surface area contributed by atoms with E-state index in [0.29, 0.717) is 29.2 Å². The van der Waals surface area contributed by atoms with Gasteiger partial charge in [0, 0.05) is 13.0 Å². The van der Waals surface area contributed by atoms with Crippen LogP contribution < -0.4 is 0 Å². The lowest BCUT2D eigenvalue weighted by atomic mass is 9.43. The standard InChI is InChI=1S/C29H39ClFN3O3/c1-27(36)12-13-29(16-37-3)17(14-27)4-5-18-19-6-7-21(28(19,2)11-10-20(18)29)24(35)15-34-23-9-8-22(30)25(31)26(23)32-33-34/h8-9,17-21,36H,4-7,10-16H2,1-3H3/t17?,18-,19-,20-,21+,27+,28-,29+/m0/s1. The Morgan fingerprint density at radius 1 is 1.16 bits per heavy atom. The second kappa shape index (κ2) is 8.99. The van der Waals surface area contributed by atoms with Gasteiger partial charge in [-0.25, -0.2) is 9.07 Å². The molecule has 1 N–H and O–H groups in total. The molecule has 1 aromatic carbocycles. The van der Waals surface area contributed by atoms with Crippen molar-refractivity contribution in [2.24, 2.45) is 40.4 Å². The zero-order valence-electron chi connectivity index (χ0n) is 22.2. The van der Waals surface area contributed by atoms with E-state index in [-0.39, 0.29) is 39.6 Å². The molecule has 6 nitrogen and oxygen atoms in total. The lowest BCUT2D eigenvalue weighted by Gasteiger charge is -2.62. The molecule has 37 heavy (non-hydrogen) atoms. The van der Waals surface area contributed by atoms with Crippen molar-refractivity contribution in [3.05, 3.63) is 23.0 Å². The van der Waals surface area contributed by atoms with E-state index >= 15 is 0 Å². The van der Waals surface area contributed by atoms with E-state index in [0.717, 1.165) is 58.0 Å². The van der Waals surface area contributed by atoms with Crippen molar-refractivity contribution in [1.29, 1.82) is 0 Å². The fourth-order valence-corrected chi connectivity index (χ4v) is 9.82. The number of ketones is 1. The average molecular weight is 532 g/mol. The number of ether oxygens (including phenoxy) is 1. The van der Waals surface area contributed by atoms with E-state index in [2.05, 4.69) is 17.2 Å². The molecule has 1 heterocycles. The Balaban J connectivity index is 1.24. The van der Waals surface area contributed by atoms with Gasteiger partial charge in [-0.1, -0.05) is 23.7 Å². The van der Waals surface area contributed by atoms with Crippen molar-refractivity contribution in [3.63, 3.8) is 0 Å². The fourth-order valence-electron chi connectivity index (χ4n) is 9.67. The van der Waals surface area contributed by atoms with Gasteiger partial charge in [0.05, 0.1) is 22.7 Å². The highest BCUT2D eigenvalue weighted by Gasteiger charge is 2.63. The molecule has 4 fully saturated rings. The van der Waals surface area contributed by atoms with E-state index in [4.69, 9.17) is 16.3 Å². The highest BCUT2D eigenvalue weighted by Crippen LogP contribution is 2.68. The number of Topliss-reactive ketones (excluding diaryl/α,β-unsaturated/α-hetero) is 1. The molecule has 0 spiro atoms. The van der Waals surface area contributed by atoms with Crippen molar-refractivity contribution in [2.45, 2.75) is 83.8 Å². The minimum Gasteiger partial charge on any atom is -0.390 e. The summed E-state index contributed by atoms with van der Waals surface area (Å²) in [6.45, 7) is 5.25. The molecule has 4 aliphatic carbocycles. The molecule has 8 atom stereocenters. The summed E-state index contributed by atoms with van der Waals surface area (Å²) < 4.78 is 21.8. The summed E-state index contributed by atoms with van der Waals surface area (Å²) in [6, 6.07) is 3.18. The Labute approximate surface area is 223 Å². The quantitative estimate of drug-likeness (QED) is 0.525. The van der Waals surface area contributed by atoms with Crippen LogP contribution in [0.5, 0.6) is 0 Å². The molecule has 202 valence electrons. The number of carbonyl (C=O) groups excluding carboxylic acids is 1. The number of hydrogen-bond donors (Lipinski definition) is 1. The van der Waals surface area contributed by atoms with Crippen molar-refractivity contribution >= 4 is 28.4 Å². The number of aromatic nitrogens is 3. The van der Waals surface area contributed by atoms with Crippen LogP contribution in [0.4, 0.5) is 4.39 Å². The zero-order chi connectivity index (χ0) is 26.2. The highest BCUT2D eigenvalue weighted by molar-refractivity contribution is 6.31. The van der Waals surface area contributed by atoms with E-state index in [1.54, 1.807) is 6.07 Å². The van der Waals surface area contributed by atoms with Crippen LogP contribution in [-0.2, 0) is 16.1 Å². The maximum atomic E-state index is 14.4. The van der Waals surface area contributed by atoms with Gasteiger partial charge in [-0.05, 0) is 111 Å². The van der Waals surface area contributed by atoms with Crippen LogP contribution in [0.25, 0.3) is 11.0 Å². The topological polar surface area (TPSA) is 77.2 Å². The summed E-state index contributed by atoms with van der Waals surface area (Å²) in [5.74, 6) is 1.82. The molecular weight excluding hydrogens is 493 g/mol. The zero-order valence-corrected chi connectivity index (χ0v) is 22.9. The third-order valence-electron chi connectivity index (χ3n) is 11.3. The number of nitrogens with zero attached hydrogens (tertiary/aromatic N) is 3. The number of rotatable bonds is 5. The van der Waals surface area contributed by atoms with Gasteiger partial charge in [-0.2, -0.15) is 0 Å². The minimum absolute atomic E-state index is 0.0105. The molecular formula is C29H39ClFN3O3. The Bertz CT molecular complexity index is 1220. The minimum atomic E-state index is -0.589. The summed E-state index contributed by atoms with van der Waals surface area (Å²) in [4.78, 5) is 13.7. The molecule has 2 aromatic rings. The number of methoxy groups -OCH3 is 1. The van der Waals surface area contributed by atoms with Gasteiger partial charge in [0.25, 0.3) is 0 Å². The largest absolute Gasteiger partial charge is 0.390 e. The first-order valence-electron chi connectivity index (χ1n) is 14.0. The number of hydrogen-bond acceptors (Lipinski definition) is 5. The third kappa shape index (κ3) is 3.89. The average Bonchev–Trinajstić information content (AvgIpc) is 3.42. The maximum absolute atomic E-state index is 14.4. The summed E-state index contributed by atoms with van der Waals surface area (Å²) in [5.41, 5.74) is 0.177. The Morgan fingerprint density at radius 2 is 1.97 bits per heavy atom. The molecule has 4 saturated carbocycles. The van der Waals surface area contributed by atoms with E-state index < -0.39 is 11.4 Å². The Morgan fingerprint density at radius 3 is 2.76 bits per heavy atom. The molecule has 4 aliphatic rings. The predicted molar refractivity (Wildman–Crippen MR) is 140 cm³/mol. The summed E-state index contributed by atoms with van der Waals surface area (Å²) in [6.07, 6.45) is 9.25. The number of carbonyl (C=O) groups is 1. The van der Waals surface area contributed by atoms with Crippen molar-refractivity contribution in [2.75, 3.05) is 13.7 Å². The Kier molecular flexibility index (Phi) is 6.24. The molecule has 1 unspecified atom stereocenters. The molecule has 6 rings (SSSR count). The molecule has 0 amide bonds.